The first-order chi connectivity index (χ1) is 4.88. The molecule has 0 unspecified atom stereocenters. The Morgan fingerprint density at radius 3 is 3.20 bits per heavy atom. The van der Waals surface area contributed by atoms with Crippen molar-refractivity contribution < 1.29 is 4.79 Å². The molecule has 10 heavy (non-hydrogen) atoms. The lowest BCUT2D eigenvalue weighted by atomic mass is 10.6. The number of hydrogen-bond donors (Lipinski definition) is 0. The summed E-state index contributed by atoms with van der Waals surface area (Å²) in [5.74, 6) is 0.928. The molecule has 0 amide bonds. The molecule has 1 aromatic heterocycles. The van der Waals surface area contributed by atoms with Gasteiger partial charge in [0.05, 0.1) is 0 Å². The lowest BCUT2D eigenvalue weighted by Crippen LogP contribution is -2.02. The zero-order chi connectivity index (χ0) is 7.40. The Kier molecular flexibility index (Phi) is 2.45. The SMILES string of the molecule is O=Cc1nccn1CCCl. The molecule has 0 bridgehead atoms. The average molecular weight is 159 g/mol. The lowest BCUT2D eigenvalue weighted by molar-refractivity contribution is 0.111. The average Bonchev–Trinajstić information content (AvgIpc) is 2.36. The second-order valence-electron chi connectivity index (χ2n) is 1.79. The number of alkyl halides is 1. The Morgan fingerprint density at radius 2 is 2.60 bits per heavy atom. The van der Waals surface area contributed by atoms with Crippen LogP contribution in [0.25, 0.3) is 0 Å². The molecule has 4 heteroatoms. The molecule has 0 N–H and O–H groups in total. The fourth-order valence-corrected chi connectivity index (χ4v) is 0.901. The number of halogens is 1. The molecule has 0 fully saturated rings. The molecule has 1 heterocycles. The Labute approximate surface area is 63.6 Å². The van der Waals surface area contributed by atoms with Crippen molar-refractivity contribution >= 4 is 17.9 Å². The van der Waals surface area contributed by atoms with E-state index in [0.717, 1.165) is 0 Å². The molecular weight excluding hydrogens is 152 g/mol. The summed E-state index contributed by atoms with van der Waals surface area (Å²) in [5.41, 5.74) is 0. The molecule has 0 atom stereocenters. The molecule has 0 saturated heterocycles. The number of aryl methyl sites for hydroxylation is 1. The van der Waals surface area contributed by atoms with Crippen molar-refractivity contribution in [1.82, 2.24) is 9.55 Å². The summed E-state index contributed by atoms with van der Waals surface area (Å²) in [5, 5.41) is 0. The third-order valence-corrected chi connectivity index (χ3v) is 1.35. The second-order valence-corrected chi connectivity index (χ2v) is 2.16. The van der Waals surface area contributed by atoms with Gasteiger partial charge in [0.15, 0.2) is 12.1 Å². The summed E-state index contributed by atoms with van der Waals surface area (Å²) < 4.78 is 1.71. The van der Waals surface area contributed by atoms with Crippen LogP contribution in [0.3, 0.4) is 0 Å². The molecule has 0 aliphatic carbocycles. The molecule has 1 aromatic rings. The molecule has 0 aliphatic rings. The van der Waals surface area contributed by atoms with E-state index in [4.69, 9.17) is 11.6 Å². The van der Waals surface area contributed by atoms with Crippen LogP contribution in [0.4, 0.5) is 0 Å². The molecular formula is C6H7ClN2O. The van der Waals surface area contributed by atoms with Crippen molar-refractivity contribution in [2.75, 3.05) is 5.88 Å². The number of carbonyl (C=O) groups excluding carboxylic acids is 1. The smallest absolute Gasteiger partial charge is 0.185 e. The highest BCUT2D eigenvalue weighted by atomic mass is 35.5. The molecule has 0 spiro atoms. The van der Waals surface area contributed by atoms with Gasteiger partial charge in [-0.2, -0.15) is 0 Å². The highest BCUT2D eigenvalue weighted by Gasteiger charge is 1.97. The van der Waals surface area contributed by atoms with Crippen LogP contribution >= 0.6 is 11.6 Å². The van der Waals surface area contributed by atoms with Gasteiger partial charge in [-0.3, -0.25) is 4.79 Å². The van der Waals surface area contributed by atoms with Crippen LogP contribution in [0.15, 0.2) is 12.4 Å². The first-order valence-corrected chi connectivity index (χ1v) is 3.44. The number of aromatic nitrogens is 2. The van der Waals surface area contributed by atoms with Gasteiger partial charge in [-0.25, -0.2) is 4.98 Å². The number of carbonyl (C=O) groups is 1. The first kappa shape index (κ1) is 7.28. The first-order valence-electron chi connectivity index (χ1n) is 2.90. The number of hydrogen-bond acceptors (Lipinski definition) is 2. The van der Waals surface area contributed by atoms with Gasteiger partial charge in [0.2, 0.25) is 0 Å². The van der Waals surface area contributed by atoms with E-state index in [-0.39, 0.29) is 0 Å². The van der Waals surface area contributed by atoms with Crippen LogP contribution < -0.4 is 0 Å². The van der Waals surface area contributed by atoms with Crippen molar-refractivity contribution in [3.63, 3.8) is 0 Å². The van der Waals surface area contributed by atoms with Gasteiger partial charge in [-0.05, 0) is 0 Å². The van der Waals surface area contributed by atoms with Crippen LogP contribution in [-0.2, 0) is 6.54 Å². The Hall–Kier alpha value is -0.830. The van der Waals surface area contributed by atoms with E-state index in [1.807, 2.05) is 0 Å². The Bertz CT molecular complexity index is 221. The van der Waals surface area contributed by atoms with E-state index in [2.05, 4.69) is 4.98 Å². The molecule has 0 radical (unpaired) electrons. The highest BCUT2D eigenvalue weighted by molar-refractivity contribution is 6.17. The molecule has 54 valence electrons. The fourth-order valence-electron chi connectivity index (χ4n) is 0.719. The molecule has 0 aliphatic heterocycles. The third-order valence-electron chi connectivity index (χ3n) is 1.18. The Balaban J connectivity index is 2.79. The number of aldehydes is 1. The minimum Gasteiger partial charge on any atom is -0.328 e. The monoisotopic (exact) mass is 158 g/mol. The predicted octanol–water partition coefficient (Wildman–Crippen LogP) is 0.934. The van der Waals surface area contributed by atoms with Crippen LogP contribution in [0, 0.1) is 0 Å². The summed E-state index contributed by atoms with van der Waals surface area (Å²) in [6.07, 6.45) is 4.02. The van der Waals surface area contributed by atoms with Gasteiger partial charge >= 0.3 is 0 Å². The zero-order valence-corrected chi connectivity index (χ0v) is 6.08. The molecule has 1 rings (SSSR count). The van der Waals surface area contributed by atoms with E-state index in [1.165, 1.54) is 0 Å². The number of rotatable bonds is 3. The standard InChI is InChI=1S/C6H7ClN2O/c7-1-3-9-4-2-8-6(9)5-10/h2,4-5H,1,3H2. The summed E-state index contributed by atoms with van der Waals surface area (Å²) in [7, 11) is 0. The maximum Gasteiger partial charge on any atom is 0.185 e. The van der Waals surface area contributed by atoms with Crippen molar-refractivity contribution in [1.29, 1.82) is 0 Å². The van der Waals surface area contributed by atoms with E-state index in [1.54, 1.807) is 17.0 Å². The van der Waals surface area contributed by atoms with Gasteiger partial charge in [-0.1, -0.05) is 0 Å². The largest absolute Gasteiger partial charge is 0.328 e. The minimum absolute atomic E-state index is 0.431. The number of imidazole rings is 1. The van der Waals surface area contributed by atoms with Crippen molar-refractivity contribution in [2.24, 2.45) is 0 Å². The van der Waals surface area contributed by atoms with E-state index in [9.17, 15) is 4.79 Å². The van der Waals surface area contributed by atoms with Gasteiger partial charge < -0.3 is 4.57 Å². The van der Waals surface area contributed by atoms with E-state index in [0.29, 0.717) is 24.5 Å². The summed E-state index contributed by atoms with van der Waals surface area (Å²) in [4.78, 5) is 14.0. The highest BCUT2D eigenvalue weighted by Crippen LogP contribution is 1.94. The maximum absolute atomic E-state index is 10.2. The van der Waals surface area contributed by atoms with Crippen LogP contribution in [0.5, 0.6) is 0 Å². The minimum atomic E-state index is 0.431. The normalized spacial score (nSPS) is 9.70. The van der Waals surface area contributed by atoms with Crippen LogP contribution in [0.2, 0.25) is 0 Å². The summed E-state index contributed by atoms with van der Waals surface area (Å²) in [6.45, 7) is 0.635. The maximum atomic E-state index is 10.2. The van der Waals surface area contributed by atoms with Gasteiger partial charge in [0, 0.05) is 24.8 Å². The van der Waals surface area contributed by atoms with Crippen molar-refractivity contribution in [3.05, 3.63) is 18.2 Å². The fraction of sp³-hybridized carbons (Fsp3) is 0.333. The summed E-state index contributed by atoms with van der Waals surface area (Å²) in [6, 6.07) is 0. The van der Waals surface area contributed by atoms with Gasteiger partial charge in [0.25, 0.3) is 0 Å². The predicted molar refractivity (Wildman–Crippen MR) is 38.3 cm³/mol. The van der Waals surface area contributed by atoms with Gasteiger partial charge in [0.1, 0.15) is 0 Å². The quantitative estimate of drug-likeness (QED) is 0.485. The molecule has 0 saturated carbocycles. The molecule has 0 aromatic carbocycles. The lowest BCUT2D eigenvalue weighted by Gasteiger charge is -1.97. The van der Waals surface area contributed by atoms with E-state index < -0.39 is 0 Å². The van der Waals surface area contributed by atoms with Crippen LogP contribution in [-0.4, -0.2) is 21.7 Å². The topological polar surface area (TPSA) is 34.9 Å². The van der Waals surface area contributed by atoms with Crippen molar-refractivity contribution in [2.45, 2.75) is 6.54 Å². The van der Waals surface area contributed by atoms with Crippen LogP contribution in [0.1, 0.15) is 10.6 Å². The number of nitrogens with zero attached hydrogens (tertiary/aromatic N) is 2. The van der Waals surface area contributed by atoms with E-state index >= 15 is 0 Å². The second kappa shape index (κ2) is 3.37. The summed E-state index contributed by atoms with van der Waals surface area (Å²) >= 11 is 5.46. The Morgan fingerprint density at radius 1 is 1.80 bits per heavy atom. The van der Waals surface area contributed by atoms with Gasteiger partial charge in [-0.15, -0.1) is 11.6 Å². The molecule has 3 nitrogen and oxygen atoms in total. The third kappa shape index (κ3) is 1.36. The van der Waals surface area contributed by atoms with Crippen molar-refractivity contribution in [3.8, 4) is 0 Å². The zero-order valence-electron chi connectivity index (χ0n) is 5.33.